The van der Waals surface area contributed by atoms with E-state index in [1.807, 2.05) is 0 Å². The first-order valence-electron chi connectivity index (χ1n) is 8.32. The van der Waals surface area contributed by atoms with E-state index in [2.05, 4.69) is 20.1 Å². The minimum absolute atomic E-state index is 0.0448. The van der Waals surface area contributed by atoms with Gasteiger partial charge >= 0.3 is 12.6 Å². The monoisotopic (exact) mass is 413 g/mol. The van der Waals surface area contributed by atoms with Gasteiger partial charge in [-0.15, -0.1) is 0 Å². The van der Waals surface area contributed by atoms with Gasteiger partial charge < -0.3 is 15.4 Å². The molecule has 2 rings (SSSR count). The topological polar surface area (TPSA) is 96.5 Å². The summed E-state index contributed by atoms with van der Waals surface area (Å²) in [6.45, 7) is -2.45. The molecule has 0 aliphatic rings. The second-order valence-electron chi connectivity index (χ2n) is 5.84. The lowest BCUT2D eigenvalue weighted by molar-refractivity contribution is -0.0498. The van der Waals surface area contributed by atoms with Crippen LogP contribution < -0.4 is 20.1 Å². The van der Waals surface area contributed by atoms with E-state index >= 15 is 0 Å². The Hall–Kier alpha value is -2.72. The maximum Gasteiger partial charge on any atom is 0.387 e. The summed E-state index contributed by atoms with van der Waals surface area (Å²) in [5, 5.41) is 5.32. The zero-order valence-corrected chi connectivity index (χ0v) is 15.9. The lowest BCUT2D eigenvalue weighted by Gasteiger charge is -2.10. The van der Waals surface area contributed by atoms with Gasteiger partial charge in [-0.05, 0) is 35.9 Å². The number of amides is 2. The van der Waals surface area contributed by atoms with Crippen LogP contribution in [0.25, 0.3) is 0 Å². The number of alkyl halides is 2. The van der Waals surface area contributed by atoms with Crippen LogP contribution in [-0.4, -0.2) is 28.1 Å². The zero-order valence-electron chi connectivity index (χ0n) is 15.1. The van der Waals surface area contributed by atoms with Crippen LogP contribution in [0.3, 0.4) is 0 Å². The van der Waals surface area contributed by atoms with Crippen molar-refractivity contribution in [1.29, 1.82) is 0 Å². The van der Waals surface area contributed by atoms with E-state index in [-0.39, 0.29) is 24.6 Å². The standard InChI is InChI=1S/C18H21F2N3O4S/c1-21-28(25,26)12-15-4-2-3-14(9-15)11-23-18(24)22-10-13-5-7-16(8-6-13)27-17(19)20/h2-9,17,21H,10-12H2,1H3,(H2,22,23,24). The van der Waals surface area contributed by atoms with Crippen molar-refractivity contribution in [2.45, 2.75) is 25.5 Å². The highest BCUT2D eigenvalue weighted by atomic mass is 32.2. The van der Waals surface area contributed by atoms with Gasteiger partial charge in [-0.3, -0.25) is 0 Å². The van der Waals surface area contributed by atoms with E-state index < -0.39 is 22.7 Å². The highest BCUT2D eigenvalue weighted by molar-refractivity contribution is 7.88. The molecule has 28 heavy (non-hydrogen) atoms. The Morgan fingerprint density at radius 3 is 2.21 bits per heavy atom. The molecule has 0 atom stereocenters. The predicted molar refractivity (Wildman–Crippen MR) is 100 cm³/mol. The van der Waals surface area contributed by atoms with Crippen LogP contribution in [-0.2, 0) is 28.9 Å². The molecule has 0 aliphatic heterocycles. The zero-order chi connectivity index (χ0) is 20.6. The van der Waals surface area contributed by atoms with Crippen molar-refractivity contribution in [2.75, 3.05) is 7.05 Å². The van der Waals surface area contributed by atoms with Gasteiger partial charge in [0.2, 0.25) is 10.0 Å². The number of nitrogens with one attached hydrogen (secondary N) is 3. The largest absolute Gasteiger partial charge is 0.435 e. The van der Waals surface area contributed by atoms with Crippen molar-refractivity contribution < 1.29 is 26.7 Å². The third-order valence-electron chi connectivity index (χ3n) is 3.71. The van der Waals surface area contributed by atoms with E-state index in [4.69, 9.17) is 0 Å². The Kier molecular flexibility index (Phi) is 7.70. The molecule has 2 amide bonds. The van der Waals surface area contributed by atoms with Crippen molar-refractivity contribution in [3.63, 3.8) is 0 Å². The smallest absolute Gasteiger partial charge is 0.387 e. The van der Waals surface area contributed by atoms with Gasteiger partial charge in [0.05, 0.1) is 5.75 Å². The van der Waals surface area contributed by atoms with Crippen LogP contribution in [0.15, 0.2) is 48.5 Å². The van der Waals surface area contributed by atoms with Gasteiger partial charge in [0, 0.05) is 13.1 Å². The summed E-state index contributed by atoms with van der Waals surface area (Å²) in [5.41, 5.74) is 2.09. The van der Waals surface area contributed by atoms with E-state index in [0.717, 1.165) is 11.1 Å². The lowest BCUT2D eigenvalue weighted by atomic mass is 10.1. The highest BCUT2D eigenvalue weighted by Crippen LogP contribution is 2.14. The number of hydrogen-bond acceptors (Lipinski definition) is 4. The molecular formula is C18H21F2N3O4S. The highest BCUT2D eigenvalue weighted by Gasteiger charge is 2.09. The summed E-state index contributed by atoms with van der Waals surface area (Å²) in [5.74, 6) is -0.0993. The number of benzene rings is 2. The predicted octanol–water partition coefficient (Wildman–Crippen LogP) is 2.34. The summed E-state index contributed by atoms with van der Waals surface area (Å²) in [4.78, 5) is 11.9. The Morgan fingerprint density at radius 2 is 1.61 bits per heavy atom. The molecule has 0 radical (unpaired) electrons. The second kappa shape index (κ2) is 10.00. The fraction of sp³-hybridized carbons (Fsp3) is 0.278. The minimum Gasteiger partial charge on any atom is -0.435 e. The Labute approximate surface area is 162 Å². The first kappa shape index (κ1) is 21.6. The first-order valence-corrected chi connectivity index (χ1v) is 9.97. The lowest BCUT2D eigenvalue weighted by Crippen LogP contribution is -2.34. The SMILES string of the molecule is CNS(=O)(=O)Cc1cccc(CNC(=O)NCc2ccc(OC(F)F)cc2)c1. The second-order valence-corrected chi connectivity index (χ2v) is 7.77. The van der Waals surface area contributed by atoms with Crippen molar-refractivity contribution in [3.8, 4) is 5.75 Å². The van der Waals surface area contributed by atoms with Crippen LogP contribution >= 0.6 is 0 Å². The summed E-state index contributed by atoms with van der Waals surface area (Å²) < 4.78 is 53.9. The van der Waals surface area contributed by atoms with Crippen LogP contribution in [0, 0.1) is 0 Å². The average molecular weight is 413 g/mol. The maximum absolute atomic E-state index is 12.1. The number of halogens is 2. The van der Waals surface area contributed by atoms with Crippen LogP contribution in [0.1, 0.15) is 16.7 Å². The molecule has 10 heteroatoms. The number of sulfonamides is 1. The van der Waals surface area contributed by atoms with E-state index in [9.17, 15) is 22.0 Å². The summed E-state index contributed by atoms with van der Waals surface area (Å²) >= 11 is 0. The van der Waals surface area contributed by atoms with Crippen molar-refractivity contribution >= 4 is 16.1 Å². The van der Waals surface area contributed by atoms with Gasteiger partial charge in [0.1, 0.15) is 5.75 Å². The molecule has 7 nitrogen and oxygen atoms in total. The van der Waals surface area contributed by atoms with Crippen molar-refractivity contribution in [2.24, 2.45) is 0 Å². The molecule has 0 bridgehead atoms. The maximum atomic E-state index is 12.1. The Morgan fingerprint density at radius 1 is 1.00 bits per heavy atom. The fourth-order valence-electron chi connectivity index (χ4n) is 2.34. The molecule has 0 spiro atoms. The third kappa shape index (κ3) is 7.49. The van der Waals surface area contributed by atoms with Crippen molar-refractivity contribution in [1.82, 2.24) is 15.4 Å². The molecule has 2 aromatic carbocycles. The first-order chi connectivity index (χ1) is 13.3. The van der Waals surface area contributed by atoms with Gasteiger partial charge in [0.15, 0.2) is 0 Å². The molecule has 3 N–H and O–H groups in total. The molecule has 0 fully saturated rings. The van der Waals surface area contributed by atoms with Gasteiger partial charge in [-0.2, -0.15) is 8.78 Å². The number of urea groups is 1. The Balaban J connectivity index is 1.81. The molecular weight excluding hydrogens is 392 g/mol. The molecule has 0 aromatic heterocycles. The fourth-order valence-corrected chi connectivity index (χ4v) is 3.10. The minimum atomic E-state index is -3.37. The molecule has 0 unspecified atom stereocenters. The van der Waals surface area contributed by atoms with Gasteiger partial charge in [-0.25, -0.2) is 17.9 Å². The quantitative estimate of drug-likeness (QED) is 0.588. The average Bonchev–Trinajstić information content (AvgIpc) is 2.65. The number of carbonyl (C=O) groups excluding carboxylic acids is 1. The van der Waals surface area contributed by atoms with Gasteiger partial charge in [0.25, 0.3) is 0 Å². The molecule has 0 saturated heterocycles. The third-order valence-corrected chi connectivity index (χ3v) is 5.05. The molecule has 0 saturated carbocycles. The molecule has 0 aliphatic carbocycles. The number of ether oxygens (including phenoxy) is 1. The molecule has 2 aromatic rings. The molecule has 152 valence electrons. The van der Waals surface area contributed by atoms with Crippen LogP contribution in [0.4, 0.5) is 13.6 Å². The number of hydrogen-bond donors (Lipinski definition) is 3. The Bertz CT molecular complexity index is 890. The summed E-state index contributed by atoms with van der Waals surface area (Å²) in [6, 6.07) is 12.4. The molecule has 0 heterocycles. The van der Waals surface area contributed by atoms with Crippen molar-refractivity contribution in [3.05, 3.63) is 65.2 Å². The van der Waals surface area contributed by atoms with Gasteiger partial charge in [-0.1, -0.05) is 36.4 Å². The van der Waals surface area contributed by atoms with E-state index in [0.29, 0.717) is 5.56 Å². The normalized spacial score (nSPS) is 11.3. The summed E-state index contributed by atoms with van der Waals surface area (Å²) in [7, 11) is -2.02. The summed E-state index contributed by atoms with van der Waals surface area (Å²) in [6.07, 6.45) is 0. The van der Waals surface area contributed by atoms with E-state index in [1.165, 1.54) is 19.2 Å². The number of carbonyl (C=O) groups is 1. The number of rotatable bonds is 9. The van der Waals surface area contributed by atoms with Crippen LogP contribution in [0.5, 0.6) is 5.75 Å². The van der Waals surface area contributed by atoms with E-state index in [1.54, 1.807) is 36.4 Å². The van der Waals surface area contributed by atoms with Crippen LogP contribution in [0.2, 0.25) is 0 Å².